The Hall–Kier alpha value is -4.76. The summed E-state index contributed by atoms with van der Waals surface area (Å²) in [6.07, 6.45) is -2.95. The number of likely N-dealkylation sites (N-methyl/N-ethyl adjacent to an activating group) is 1. The zero-order valence-electron chi connectivity index (χ0n) is 23.9. The van der Waals surface area contributed by atoms with E-state index in [0.717, 1.165) is 15.7 Å². The van der Waals surface area contributed by atoms with Gasteiger partial charge in [0.2, 0.25) is 5.91 Å². The van der Waals surface area contributed by atoms with Crippen LogP contribution in [-0.2, 0) is 27.3 Å². The van der Waals surface area contributed by atoms with Gasteiger partial charge in [0.15, 0.2) is 11.9 Å². The molecule has 0 aromatic carbocycles. The van der Waals surface area contributed by atoms with Crippen molar-refractivity contribution in [3.05, 3.63) is 64.4 Å². The van der Waals surface area contributed by atoms with Crippen LogP contribution in [0.5, 0.6) is 0 Å². The number of halogens is 4. The molecule has 16 heteroatoms. The SMILES string of the molecule is CN(C)C(=O)C=CCCC(OC(=O)N(C)C)C(=O)Nc1cccn(Cc2nc3c(F)cnc(CCC(F)(F)F)c3[nH]2)c1=O. The minimum Gasteiger partial charge on any atom is -0.436 e. The van der Waals surface area contributed by atoms with E-state index < -0.39 is 48.5 Å². The number of aryl methyl sites for hydroxylation is 1. The number of fused-ring (bicyclic) bond motifs is 1. The number of amides is 3. The molecule has 3 heterocycles. The van der Waals surface area contributed by atoms with E-state index in [2.05, 4.69) is 20.3 Å². The number of alkyl halides is 3. The van der Waals surface area contributed by atoms with Gasteiger partial charge in [-0.2, -0.15) is 13.2 Å². The Labute approximate surface area is 243 Å². The molecule has 2 N–H and O–H groups in total. The molecule has 3 aromatic heterocycles. The van der Waals surface area contributed by atoms with Gasteiger partial charge in [-0.15, -0.1) is 0 Å². The number of aromatic amines is 1. The van der Waals surface area contributed by atoms with Crippen molar-refractivity contribution in [2.45, 2.75) is 44.5 Å². The number of ether oxygens (including phenoxy) is 1. The van der Waals surface area contributed by atoms with E-state index >= 15 is 0 Å². The lowest BCUT2D eigenvalue weighted by atomic mass is 10.1. The van der Waals surface area contributed by atoms with Crippen LogP contribution in [-0.4, -0.2) is 87.7 Å². The number of anilines is 1. The summed E-state index contributed by atoms with van der Waals surface area (Å²) in [7, 11) is 6.02. The monoisotopic (exact) mass is 609 g/mol. The average Bonchev–Trinajstić information content (AvgIpc) is 3.36. The van der Waals surface area contributed by atoms with Crippen LogP contribution in [0.1, 0.15) is 30.8 Å². The quantitative estimate of drug-likeness (QED) is 0.251. The first kappa shape index (κ1) is 32.8. The van der Waals surface area contributed by atoms with Crippen molar-refractivity contribution in [2.24, 2.45) is 0 Å². The van der Waals surface area contributed by atoms with Crippen LogP contribution < -0.4 is 10.9 Å². The maximum atomic E-state index is 14.3. The molecule has 0 aliphatic heterocycles. The summed E-state index contributed by atoms with van der Waals surface area (Å²) in [4.78, 5) is 63.2. The third-order valence-electron chi connectivity index (χ3n) is 6.04. The molecule has 0 aliphatic rings. The van der Waals surface area contributed by atoms with E-state index in [1.165, 1.54) is 49.5 Å². The van der Waals surface area contributed by atoms with Gasteiger partial charge in [0.25, 0.3) is 11.5 Å². The van der Waals surface area contributed by atoms with Gasteiger partial charge in [-0.05, 0) is 31.1 Å². The Bertz CT molecular complexity index is 1560. The third-order valence-corrected chi connectivity index (χ3v) is 6.04. The van der Waals surface area contributed by atoms with Crippen LogP contribution in [0.25, 0.3) is 11.0 Å². The zero-order valence-corrected chi connectivity index (χ0v) is 23.9. The fraction of sp³-hybridized carbons (Fsp3) is 0.407. The van der Waals surface area contributed by atoms with Gasteiger partial charge in [0.1, 0.15) is 17.0 Å². The molecule has 0 radical (unpaired) electrons. The molecule has 232 valence electrons. The first-order chi connectivity index (χ1) is 20.2. The number of carbonyl (C=O) groups is 3. The number of carbonyl (C=O) groups excluding carboxylic acids is 3. The fourth-order valence-electron chi connectivity index (χ4n) is 3.77. The number of hydrogen-bond acceptors (Lipinski definition) is 7. The third kappa shape index (κ3) is 9.11. The lowest BCUT2D eigenvalue weighted by molar-refractivity contribution is -0.134. The Morgan fingerprint density at radius 2 is 1.91 bits per heavy atom. The highest BCUT2D eigenvalue weighted by Crippen LogP contribution is 2.25. The molecule has 0 aliphatic carbocycles. The summed E-state index contributed by atoms with van der Waals surface area (Å²) < 4.78 is 58.9. The minimum absolute atomic E-state index is 0.0105. The highest BCUT2D eigenvalue weighted by Gasteiger charge is 2.28. The number of imidazole rings is 1. The molecule has 0 saturated carbocycles. The van der Waals surface area contributed by atoms with Crippen molar-refractivity contribution >= 4 is 34.6 Å². The number of aromatic nitrogens is 4. The van der Waals surface area contributed by atoms with Gasteiger partial charge < -0.3 is 29.4 Å². The highest BCUT2D eigenvalue weighted by atomic mass is 19.4. The summed E-state index contributed by atoms with van der Waals surface area (Å²) in [5.74, 6) is -1.83. The number of rotatable bonds is 11. The van der Waals surface area contributed by atoms with Crippen LogP contribution in [0.15, 0.2) is 41.5 Å². The van der Waals surface area contributed by atoms with E-state index in [4.69, 9.17) is 4.74 Å². The summed E-state index contributed by atoms with van der Waals surface area (Å²) in [5.41, 5.74) is -1.09. The number of hydrogen-bond donors (Lipinski definition) is 2. The first-order valence-electron chi connectivity index (χ1n) is 13.0. The Kier molecular flexibility index (Phi) is 10.6. The normalized spacial score (nSPS) is 12.4. The molecular weight excluding hydrogens is 578 g/mol. The maximum absolute atomic E-state index is 14.3. The molecule has 1 unspecified atom stereocenters. The predicted octanol–water partition coefficient (Wildman–Crippen LogP) is 3.23. The summed E-state index contributed by atoms with van der Waals surface area (Å²) in [6, 6.07) is 2.78. The Balaban J connectivity index is 1.80. The predicted molar refractivity (Wildman–Crippen MR) is 148 cm³/mol. The number of pyridine rings is 2. The topological polar surface area (TPSA) is 143 Å². The molecule has 0 fully saturated rings. The first-order valence-corrected chi connectivity index (χ1v) is 13.0. The molecule has 3 rings (SSSR count). The molecule has 3 aromatic rings. The second-order valence-corrected chi connectivity index (χ2v) is 9.90. The van der Waals surface area contributed by atoms with E-state index in [0.29, 0.717) is 0 Å². The molecule has 43 heavy (non-hydrogen) atoms. The van der Waals surface area contributed by atoms with Crippen molar-refractivity contribution < 1.29 is 36.7 Å². The van der Waals surface area contributed by atoms with Gasteiger partial charge in [-0.3, -0.25) is 19.4 Å². The number of nitrogens with zero attached hydrogens (tertiary/aromatic N) is 5. The van der Waals surface area contributed by atoms with E-state index in [1.54, 1.807) is 14.1 Å². The van der Waals surface area contributed by atoms with Crippen LogP contribution in [0.3, 0.4) is 0 Å². The van der Waals surface area contributed by atoms with Crippen molar-refractivity contribution in [1.29, 1.82) is 0 Å². The van der Waals surface area contributed by atoms with Crippen molar-refractivity contribution in [3.8, 4) is 0 Å². The van der Waals surface area contributed by atoms with Crippen molar-refractivity contribution in [2.75, 3.05) is 33.5 Å². The average molecular weight is 610 g/mol. The largest absolute Gasteiger partial charge is 0.436 e. The summed E-state index contributed by atoms with van der Waals surface area (Å²) >= 11 is 0. The summed E-state index contributed by atoms with van der Waals surface area (Å²) in [5, 5.41) is 2.45. The van der Waals surface area contributed by atoms with Gasteiger partial charge in [-0.25, -0.2) is 14.2 Å². The lowest BCUT2D eigenvalue weighted by Gasteiger charge is -2.19. The van der Waals surface area contributed by atoms with Crippen LogP contribution in [0.2, 0.25) is 0 Å². The molecule has 12 nitrogen and oxygen atoms in total. The van der Waals surface area contributed by atoms with E-state index in [1.807, 2.05) is 0 Å². The van der Waals surface area contributed by atoms with Gasteiger partial charge in [-0.1, -0.05) is 6.08 Å². The number of allylic oxidation sites excluding steroid dienone is 1. The second kappa shape index (κ2) is 13.9. The zero-order chi connectivity index (χ0) is 31.9. The maximum Gasteiger partial charge on any atom is 0.410 e. The standard InChI is InChI=1S/C27H31F4N7O5/c1-36(2)21(39)10-6-5-9-19(43-26(42)37(3)4)24(40)33-18-8-7-13-38(25(18)41)15-20-34-22-16(28)14-32-17(23(22)35-20)11-12-27(29,30)31/h6-8,10,13-14,19H,5,9,11-12,15H2,1-4H3,(H,33,40)(H,34,35). The Morgan fingerprint density at radius 3 is 2.56 bits per heavy atom. The smallest absolute Gasteiger partial charge is 0.410 e. The van der Waals surface area contributed by atoms with Gasteiger partial charge in [0.05, 0.1) is 24.0 Å². The summed E-state index contributed by atoms with van der Waals surface area (Å²) in [6.45, 7) is -0.237. The highest BCUT2D eigenvalue weighted by molar-refractivity contribution is 5.95. The molecule has 1 atom stereocenters. The lowest BCUT2D eigenvalue weighted by Crippen LogP contribution is -2.37. The minimum atomic E-state index is -4.44. The van der Waals surface area contributed by atoms with Crippen molar-refractivity contribution in [3.63, 3.8) is 0 Å². The van der Waals surface area contributed by atoms with Crippen molar-refractivity contribution in [1.82, 2.24) is 29.3 Å². The molecule has 0 bridgehead atoms. The fourth-order valence-corrected chi connectivity index (χ4v) is 3.77. The van der Waals surface area contributed by atoms with E-state index in [9.17, 15) is 36.7 Å². The Morgan fingerprint density at radius 1 is 1.19 bits per heavy atom. The number of H-pyrrole nitrogens is 1. The number of nitrogens with one attached hydrogen (secondary N) is 2. The van der Waals surface area contributed by atoms with E-state index in [-0.39, 0.29) is 53.5 Å². The molecule has 3 amide bonds. The van der Waals surface area contributed by atoms with Gasteiger partial charge in [0, 0.05) is 47.2 Å². The van der Waals surface area contributed by atoms with Crippen LogP contribution in [0, 0.1) is 5.82 Å². The molecule has 0 spiro atoms. The van der Waals surface area contributed by atoms with Gasteiger partial charge >= 0.3 is 12.3 Å². The molecular formula is C27H31F4N7O5. The van der Waals surface area contributed by atoms with Crippen LogP contribution in [0.4, 0.5) is 28.0 Å². The second-order valence-electron chi connectivity index (χ2n) is 9.90. The van der Waals surface area contributed by atoms with Crippen LogP contribution >= 0.6 is 0 Å². The molecule has 0 saturated heterocycles.